The Balaban J connectivity index is 2.28. The Morgan fingerprint density at radius 1 is 1.29 bits per heavy atom. The molecule has 0 fully saturated rings. The average molecular weight is 254 g/mol. The lowest BCUT2D eigenvalue weighted by molar-refractivity contribution is 0.600. The van der Waals surface area contributed by atoms with Crippen LogP contribution < -0.4 is 10.5 Å². The monoisotopic (exact) mass is 254 g/mol. The summed E-state index contributed by atoms with van der Waals surface area (Å²) in [6.45, 7) is 0. The number of hydrogen-bond donors (Lipinski definition) is 2. The summed E-state index contributed by atoms with van der Waals surface area (Å²) in [6, 6.07) is 5.79. The molecule has 8 nitrogen and oxygen atoms in total. The minimum atomic E-state index is -3.70. The number of anilines is 2. The molecule has 2 aromatic rings. The second kappa shape index (κ2) is 4.01. The Morgan fingerprint density at radius 3 is 2.47 bits per heavy atom. The zero-order valence-electron chi connectivity index (χ0n) is 8.90. The molecule has 1 aromatic carbocycles. The van der Waals surface area contributed by atoms with Gasteiger partial charge >= 0.3 is 0 Å². The van der Waals surface area contributed by atoms with Gasteiger partial charge in [-0.05, 0) is 29.5 Å². The number of sulfonamides is 1. The van der Waals surface area contributed by atoms with Crippen LogP contribution in [0.1, 0.15) is 0 Å². The lowest BCUT2D eigenvalue weighted by Crippen LogP contribution is -2.14. The van der Waals surface area contributed by atoms with E-state index in [0.717, 1.165) is 4.80 Å². The molecule has 0 aliphatic heterocycles. The third-order valence-corrected chi connectivity index (χ3v) is 3.27. The van der Waals surface area contributed by atoms with E-state index in [2.05, 4.69) is 20.1 Å². The van der Waals surface area contributed by atoms with E-state index in [1.54, 1.807) is 0 Å². The number of nitrogen functional groups attached to an aromatic ring is 1. The standard InChI is InChI=1S/C8H10N6O2S/c1-14-11-8(10-13-14)12-17(15,16)7-4-2-6(9)3-5-7/h2-5H,9H2,1H3,(H,11,12). The van der Waals surface area contributed by atoms with Gasteiger partial charge in [-0.25, -0.2) is 13.1 Å². The number of nitrogens with two attached hydrogens (primary N) is 1. The predicted molar refractivity (Wildman–Crippen MR) is 60.5 cm³/mol. The minimum Gasteiger partial charge on any atom is -0.399 e. The number of nitrogens with zero attached hydrogens (tertiary/aromatic N) is 4. The van der Waals surface area contributed by atoms with Crippen molar-refractivity contribution >= 4 is 21.7 Å². The molecular formula is C8H10N6O2S. The molecule has 17 heavy (non-hydrogen) atoms. The summed E-state index contributed by atoms with van der Waals surface area (Å²) >= 11 is 0. The van der Waals surface area contributed by atoms with Crippen LogP contribution in [0.4, 0.5) is 11.6 Å². The van der Waals surface area contributed by atoms with E-state index in [1.165, 1.54) is 31.3 Å². The van der Waals surface area contributed by atoms with Crippen LogP contribution in [0.3, 0.4) is 0 Å². The van der Waals surface area contributed by atoms with Crippen LogP contribution in [0.15, 0.2) is 29.2 Å². The van der Waals surface area contributed by atoms with Crippen molar-refractivity contribution < 1.29 is 8.42 Å². The summed E-state index contributed by atoms with van der Waals surface area (Å²) in [7, 11) is -2.16. The number of benzene rings is 1. The van der Waals surface area contributed by atoms with Gasteiger partial charge in [-0.1, -0.05) is 5.10 Å². The molecule has 0 aliphatic rings. The molecule has 0 atom stereocenters. The Labute approximate surface area is 97.5 Å². The molecular weight excluding hydrogens is 244 g/mol. The lowest BCUT2D eigenvalue weighted by atomic mass is 10.3. The van der Waals surface area contributed by atoms with Crippen molar-refractivity contribution in [2.45, 2.75) is 4.90 Å². The predicted octanol–water partition coefficient (Wildman–Crippen LogP) is -0.407. The third-order valence-electron chi connectivity index (χ3n) is 1.92. The molecule has 0 spiro atoms. The molecule has 0 aliphatic carbocycles. The summed E-state index contributed by atoms with van der Waals surface area (Å²) in [5.74, 6) is -0.0793. The largest absolute Gasteiger partial charge is 0.399 e. The molecule has 2 rings (SSSR count). The van der Waals surface area contributed by atoms with Crippen molar-refractivity contribution in [3.63, 3.8) is 0 Å². The van der Waals surface area contributed by atoms with Crippen molar-refractivity contribution in [3.05, 3.63) is 24.3 Å². The SMILES string of the molecule is Cn1nnc(NS(=O)(=O)c2ccc(N)cc2)n1. The van der Waals surface area contributed by atoms with Crippen LogP contribution in [0.5, 0.6) is 0 Å². The molecule has 0 amide bonds. The fourth-order valence-electron chi connectivity index (χ4n) is 1.15. The van der Waals surface area contributed by atoms with E-state index in [-0.39, 0.29) is 10.8 Å². The Hall–Kier alpha value is -2.16. The molecule has 0 saturated heterocycles. The maximum atomic E-state index is 11.9. The van der Waals surface area contributed by atoms with Crippen LogP contribution in [0.2, 0.25) is 0 Å². The van der Waals surface area contributed by atoms with Crippen molar-refractivity contribution in [2.24, 2.45) is 7.05 Å². The van der Waals surface area contributed by atoms with Crippen LogP contribution in [-0.4, -0.2) is 28.6 Å². The highest BCUT2D eigenvalue weighted by molar-refractivity contribution is 7.92. The van der Waals surface area contributed by atoms with Gasteiger partial charge in [0.25, 0.3) is 16.0 Å². The summed E-state index contributed by atoms with van der Waals surface area (Å²) < 4.78 is 25.9. The van der Waals surface area contributed by atoms with E-state index < -0.39 is 10.0 Å². The number of hydrogen-bond acceptors (Lipinski definition) is 6. The number of nitrogens with one attached hydrogen (secondary N) is 1. The van der Waals surface area contributed by atoms with Gasteiger partial charge in [-0.2, -0.15) is 4.80 Å². The number of rotatable bonds is 3. The fourth-order valence-corrected chi connectivity index (χ4v) is 2.09. The quantitative estimate of drug-likeness (QED) is 0.719. The van der Waals surface area contributed by atoms with Gasteiger partial charge in [-0.3, -0.25) is 0 Å². The van der Waals surface area contributed by atoms with Gasteiger partial charge < -0.3 is 5.73 Å². The van der Waals surface area contributed by atoms with Gasteiger partial charge in [0.05, 0.1) is 11.9 Å². The maximum absolute atomic E-state index is 11.9. The first-order valence-electron chi connectivity index (χ1n) is 4.60. The second-order valence-electron chi connectivity index (χ2n) is 3.28. The van der Waals surface area contributed by atoms with Crippen LogP contribution in [-0.2, 0) is 17.1 Å². The summed E-state index contributed by atoms with van der Waals surface area (Å²) in [6.07, 6.45) is 0. The summed E-state index contributed by atoms with van der Waals surface area (Å²) in [4.78, 5) is 1.24. The van der Waals surface area contributed by atoms with Crippen molar-refractivity contribution in [2.75, 3.05) is 10.5 Å². The second-order valence-corrected chi connectivity index (χ2v) is 4.96. The first-order valence-corrected chi connectivity index (χ1v) is 6.08. The average Bonchev–Trinajstić information content (AvgIpc) is 2.63. The first-order chi connectivity index (χ1) is 7.97. The van der Waals surface area contributed by atoms with Gasteiger partial charge in [0.1, 0.15) is 0 Å². The Morgan fingerprint density at radius 2 is 1.94 bits per heavy atom. The Kier molecular flexibility index (Phi) is 2.68. The highest BCUT2D eigenvalue weighted by atomic mass is 32.2. The minimum absolute atomic E-state index is 0.0793. The van der Waals surface area contributed by atoms with E-state index in [0.29, 0.717) is 5.69 Å². The first kappa shape index (κ1) is 11.3. The number of aryl methyl sites for hydroxylation is 1. The topological polar surface area (TPSA) is 116 Å². The van der Waals surface area contributed by atoms with E-state index in [1.807, 2.05) is 0 Å². The number of tetrazole rings is 1. The normalized spacial score (nSPS) is 11.4. The molecule has 0 saturated carbocycles. The zero-order valence-corrected chi connectivity index (χ0v) is 9.72. The zero-order chi connectivity index (χ0) is 12.5. The molecule has 0 unspecified atom stereocenters. The third kappa shape index (κ3) is 2.50. The van der Waals surface area contributed by atoms with Gasteiger partial charge in [0, 0.05) is 5.69 Å². The van der Waals surface area contributed by atoms with E-state index in [4.69, 9.17) is 5.73 Å². The fraction of sp³-hybridized carbons (Fsp3) is 0.125. The van der Waals surface area contributed by atoms with Crippen LogP contribution >= 0.6 is 0 Å². The molecule has 0 bridgehead atoms. The number of aromatic nitrogens is 4. The van der Waals surface area contributed by atoms with Crippen LogP contribution in [0.25, 0.3) is 0 Å². The molecule has 0 radical (unpaired) electrons. The van der Waals surface area contributed by atoms with Crippen LogP contribution in [0, 0.1) is 0 Å². The molecule has 1 heterocycles. The Bertz CT molecular complexity index is 618. The van der Waals surface area contributed by atoms with E-state index >= 15 is 0 Å². The molecule has 90 valence electrons. The highest BCUT2D eigenvalue weighted by Crippen LogP contribution is 2.14. The van der Waals surface area contributed by atoms with Crippen molar-refractivity contribution in [3.8, 4) is 0 Å². The summed E-state index contributed by atoms with van der Waals surface area (Å²) in [5.41, 5.74) is 5.96. The molecule has 1 aromatic heterocycles. The summed E-state index contributed by atoms with van der Waals surface area (Å²) in [5, 5.41) is 10.8. The lowest BCUT2D eigenvalue weighted by Gasteiger charge is -2.03. The van der Waals surface area contributed by atoms with E-state index in [9.17, 15) is 8.42 Å². The van der Waals surface area contributed by atoms with Crippen molar-refractivity contribution in [1.82, 2.24) is 20.2 Å². The van der Waals surface area contributed by atoms with Gasteiger partial charge in [0.15, 0.2) is 0 Å². The highest BCUT2D eigenvalue weighted by Gasteiger charge is 2.16. The van der Waals surface area contributed by atoms with Gasteiger partial charge in [-0.15, -0.1) is 5.10 Å². The smallest absolute Gasteiger partial charge is 0.277 e. The molecule has 9 heteroatoms. The molecule has 3 N–H and O–H groups in total. The van der Waals surface area contributed by atoms with Gasteiger partial charge in [0.2, 0.25) is 0 Å². The maximum Gasteiger partial charge on any atom is 0.277 e. The van der Waals surface area contributed by atoms with Crippen molar-refractivity contribution in [1.29, 1.82) is 0 Å².